The van der Waals surface area contributed by atoms with E-state index in [-0.39, 0.29) is 111 Å². The fraction of sp³-hybridized carbons (Fsp3) is 0.529. The zero-order valence-corrected chi connectivity index (χ0v) is 59.7. The molecule has 7 amide bonds. The zero-order chi connectivity index (χ0) is 71.7. The van der Waals surface area contributed by atoms with Crippen LogP contribution in [0.25, 0.3) is 11.1 Å². The molecule has 30 heteroatoms. The maximum Gasteiger partial charge on any atom is 0.328 e. The van der Waals surface area contributed by atoms with Gasteiger partial charge in [-0.3, -0.25) is 38.2 Å². The van der Waals surface area contributed by atoms with E-state index in [0.717, 1.165) is 54.2 Å². The van der Waals surface area contributed by atoms with Crippen LogP contribution in [-0.4, -0.2) is 189 Å². The Morgan fingerprint density at radius 2 is 1.59 bits per heavy atom. The Morgan fingerprint density at radius 3 is 2.27 bits per heavy atom. The fourth-order valence-electron chi connectivity index (χ4n) is 11.7. The van der Waals surface area contributed by atoms with Crippen molar-refractivity contribution in [3.8, 4) is 28.5 Å². The van der Waals surface area contributed by atoms with E-state index in [4.69, 9.17) is 39.3 Å². The van der Waals surface area contributed by atoms with Gasteiger partial charge in [0.05, 0.1) is 50.4 Å². The highest BCUT2D eigenvalue weighted by atomic mass is 28.3. The molecule has 4 aromatic heterocycles. The molecule has 3 aliphatic rings. The van der Waals surface area contributed by atoms with Crippen LogP contribution in [0, 0.1) is 37.0 Å². The van der Waals surface area contributed by atoms with Crippen molar-refractivity contribution in [1.82, 2.24) is 65.3 Å². The molecule has 2 aliphatic carbocycles. The van der Waals surface area contributed by atoms with Gasteiger partial charge < -0.3 is 65.2 Å². The maximum absolute atomic E-state index is 14.4. The number of aryl methyl sites for hydroxylation is 2. The largest absolute Gasteiger partial charge is 0.484 e. The van der Waals surface area contributed by atoms with Gasteiger partial charge >= 0.3 is 5.97 Å². The molecular weight excluding hydrogens is 1300 g/mol. The molecule has 0 unspecified atom stereocenters. The first-order chi connectivity index (χ1) is 47.8. The Kier molecular flexibility index (Phi) is 25.9. The lowest BCUT2D eigenvalue weighted by Crippen LogP contribution is -2.56. The molecule has 2 saturated carbocycles. The predicted octanol–water partition coefficient (Wildman–Crippen LogP) is 6.07. The number of ether oxygens (including phenoxy) is 6. The summed E-state index contributed by atoms with van der Waals surface area (Å²) in [5.74, 6) is -1.97. The van der Waals surface area contributed by atoms with Gasteiger partial charge in [-0.25, -0.2) is 19.1 Å². The van der Waals surface area contributed by atoms with Crippen LogP contribution in [0.15, 0.2) is 85.3 Å². The Morgan fingerprint density at radius 1 is 0.850 bits per heavy atom. The fourth-order valence-corrected chi connectivity index (χ4v) is 12.5. The first-order valence-electron chi connectivity index (χ1n) is 34.1. The molecule has 29 nitrogen and oxygen atoms in total. The van der Waals surface area contributed by atoms with Crippen LogP contribution in [0.1, 0.15) is 104 Å². The van der Waals surface area contributed by atoms with Gasteiger partial charge in [0, 0.05) is 88.9 Å². The minimum absolute atomic E-state index is 0.0223. The van der Waals surface area contributed by atoms with Crippen molar-refractivity contribution in [2.75, 3.05) is 71.6 Å². The molecule has 1 saturated heterocycles. The van der Waals surface area contributed by atoms with Crippen molar-refractivity contribution in [2.45, 2.75) is 150 Å². The molecule has 6 N–H and O–H groups in total. The SMILES string of the molecule is COC(=O)[C@H](CCC(C)(C)C)NC(=O)c1ccc(Oc2cccc(OCC(=O)NCCOC3CN(C(=O)COCc4cn(CC(=O)N(CCCn5nccc5C(=O)N[C@H](C(=O)Nc5ccc(-c6c(C)nn(COCC[Si](C)(C)C)c6C)cc5)C(C5CC5)C5CC5)CC(N)=O)nn4)C3)c2)nc1. The van der Waals surface area contributed by atoms with E-state index in [0.29, 0.717) is 80.4 Å². The summed E-state index contributed by atoms with van der Waals surface area (Å²) in [6.45, 7) is 18.4. The summed E-state index contributed by atoms with van der Waals surface area (Å²) < 4.78 is 38.6. The van der Waals surface area contributed by atoms with Gasteiger partial charge in [0.25, 0.3) is 17.7 Å². The monoisotopic (exact) mass is 1400 g/mol. The van der Waals surface area contributed by atoms with Crippen LogP contribution >= 0.6 is 0 Å². The number of primary amides is 1. The number of anilines is 1. The highest BCUT2D eigenvalue weighted by Crippen LogP contribution is 2.51. The molecule has 0 bridgehead atoms. The third-order valence-corrected chi connectivity index (χ3v) is 19.2. The van der Waals surface area contributed by atoms with Gasteiger partial charge in [-0.2, -0.15) is 10.2 Å². The van der Waals surface area contributed by atoms with Crippen LogP contribution in [0.3, 0.4) is 0 Å². The summed E-state index contributed by atoms with van der Waals surface area (Å²) in [6.07, 6.45) is 9.53. The van der Waals surface area contributed by atoms with Gasteiger partial charge in [-0.1, -0.05) is 63.8 Å². The van der Waals surface area contributed by atoms with E-state index < -0.39 is 49.8 Å². The number of amides is 7. The summed E-state index contributed by atoms with van der Waals surface area (Å²) in [5, 5.41) is 29.0. The summed E-state index contributed by atoms with van der Waals surface area (Å²) >= 11 is 0. The Bertz CT molecular complexity index is 3780. The average molecular weight is 1400 g/mol. The smallest absolute Gasteiger partial charge is 0.328 e. The molecule has 538 valence electrons. The third kappa shape index (κ3) is 22.6. The van der Waals surface area contributed by atoms with Crippen LogP contribution in [0.2, 0.25) is 25.7 Å². The number of methoxy groups -OCH3 is 1. The molecule has 2 atom stereocenters. The topological polar surface area (TPSA) is 352 Å². The number of pyridine rings is 1. The second kappa shape index (κ2) is 34.6. The van der Waals surface area contributed by atoms with E-state index >= 15 is 0 Å². The number of hydrogen-bond acceptors (Lipinski definition) is 19. The second-order valence-electron chi connectivity index (χ2n) is 28.2. The van der Waals surface area contributed by atoms with Crippen molar-refractivity contribution in [3.05, 3.63) is 114 Å². The molecule has 9 rings (SSSR count). The number of nitrogens with zero attached hydrogens (tertiary/aromatic N) is 10. The number of likely N-dealkylation sites (tertiary alicyclic amines) is 1. The highest BCUT2D eigenvalue weighted by molar-refractivity contribution is 6.76. The lowest BCUT2D eigenvalue weighted by Gasteiger charge is -2.38. The lowest BCUT2D eigenvalue weighted by molar-refractivity contribution is -0.150. The molecule has 0 radical (unpaired) electrons. The molecule has 5 heterocycles. The lowest BCUT2D eigenvalue weighted by atomic mass is 9.88. The molecule has 2 aromatic carbocycles. The van der Waals surface area contributed by atoms with Crippen molar-refractivity contribution in [3.63, 3.8) is 0 Å². The number of hydrogen-bond donors (Lipinski definition) is 5. The number of benzene rings is 2. The minimum atomic E-state index is -1.22. The van der Waals surface area contributed by atoms with Gasteiger partial charge in [-0.05, 0) is 130 Å². The molecule has 0 spiro atoms. The van der Waals surface area contributed by atoms with E-state index in [9.17, 15) is 38.4 Å². The number of aromatic nitrogens is 8. The molecule has 6 aromatic rings. The molecule has 100 heavy (non-hydrogen) atoms. The third-order valence-electron chi connectivity index (χ3n) is 17.5. The minimum Gasteiger partial charge on any atom is -0.484 e. The normalized spacial score (nSPS) is 14.6. The summed E-state index contributed by atoms with van der Waals surface area (Å²) in [5.41, 5.74) is 10.9. The molecule has 3 fully saturated rings. The van der Waals surface area contributed by atoms with Crippen molar-refractivity contribution < 1.29 is 66.8 Å². The van der Waals surface area contributed by atoms with Crippen molar-refractivity contribution in [1.29, 1.82) is 0 Å². The Balaban J connectivity index is 0.651. The number of nitrogens with one attached hydrogen (secondary N) is 4. The average Bonchev–Trinajstić information content (AvgIpc) is 1.64. The van der Waals surface area contributed by atoms with E-state index in [2.05, 4.69) is 61.3 Å². The van der Waals surface area contributed by atoms with Crippen molar-refractivity contribution in [2.24, 2.45) is 28.9 Å². The van der Waals surface area contributed by atoms with Gasteiger partial charge in [0.15, 0.2) is 6.61 Å². The first-order valence-corrected chi connectivity index (χ1v) is 37.8. The number of rotatable bonds is 39. The van der Waals surface area contributed by atoms with Gasteiger partial charge in [-0.15, -0.1) is 5.10 Å². The van der Waals surface area contributed by atoms with E-state index in [1.807, 2.05) is 63.6 Å². The van der Waals surface area contributed by atoms with E-state index in [1.54, 1.807) is 35.2 Å². The summed E-state index contributed by atoms with van der Waals surface area (Å²) in [4.78, 5) is 112. The quantitative estimate of drug-likeness (QED) is 0.0166. The predicted molar refractivity (Wildman–Crippen MR) is 370 cm³/mol. The van der Waals surface area contributed by atoms with Crippen LogP contribution in [0.5, 0.6) is 17.4 Å². The second-order valence-corrected chi connectivity index (χ2v) is 33.8. The standard InChI is InChI=1S/C70H95N15O14Si/c1-45-63(46(2)85(79-45)44-95-32-33-100(7,8)9)47-18-21-51(22-19-47)75-68(92)65(64(48-14-15-48)49-16-17-49)77-67(91)57-25-27-74-84(57)30-11-29-81(39-58(71)86)61(88)40-83-36-52(78-80-83)41-96-43-62(89)82-37-55(38-82)97-31-28-72-59(87)42-98-53-12-10-13-54(34-53)99-60-23-20-50(35-73-60)66(90)76-56(69(93)94-6)24-26-70(3,4)5/h10,12-13,18-23,25,27,34-36,48-49,55-56,64-65H,11,14-17,24,26,28-33,37-44H2,1-9H3,(H2,71,86)(H,72,87)(H,75,92)(H,76,90)(H,77,91)/t56-,65-/m0/s1. The Hall–Kier alpha value is -9.39. The Labute approximate surface area is 583 Å². The van der Waals surface area contributed by atoms with Crippen LogP contribution in [-0.2, 0) is 74.1 Å². The molecular formula is C70H95N15O14Si. The number of carbonyl (C=O) groups excluding carboxylic acids is 8. The summed E-state index contributed by atoms with van der Waals surface area (Å²) in [6, 6.07) is 18.4. The van der Waals surface area contributed by atoms with Crippen molar-refractivity contribution >= 4 is 61.1 Å². The van der Waals surface area contributed by atoms with Gasteiger partial charge in [0.1, 0.15) is 54.9 Å². The van der Waals surface area contributed by atoms with Crippen LogP contribution < -0.4 is 36.5 Å². The maximum atomic E-state index is 14.4. The zero-order valence-electron chi connectivity index (χ0n) is 58.7. The number of carbonyl (C=O) groups is 8. The number of nitrogens with two attached hydrogens (primary N) is 1. The van der Waals surface area contributed by atoms with Gasteiger partial charge in [0.2, 0.25) is 29.5 Å². The first kappa shape index (κ1) is 74.8. The number of esters is 1. The summed E-state index contributed by atoms with van der Waals surface area (Å²) in [7, 11) is 0.0550. The molecule has 1 aliphatic heterocycles. The van der Waals surface area contributed by atoms with Crippen LogP contribution in [0.4, 0.5) is 5.69 Å². The van der Waals surface area contributed by atoms with E-state index in [1.165, 1.54) is 52.1 Å². The highest BCUT2D eigenvalue weighted by Gasteiger charge is 2.48.